The molecule has 0 radical (unpaired) electrons. The molecule has 0 bridgehead atoms. The van der Waals surface area contributed by atoms with Crippen molar-refractivity contribution < 1.29 is 24.5 Å². The molecular formula is C9H11F5OS. The van der Waals surface area contributed by atoms with Crippen molar-refractivity contribution in [3.8, 4) is 0 Å². The summed E-state index contributed by atoms with van der Waals surface area (Å²) < 4.78 is 61.6. The Kier molecular flexibility index (Phi) is 2.57. The Morgan fingerprint density at radius 2 is 1.50 bits per heavy atom. The fraction of sp³-hybridized carbons (Fsp3) is 0.333. The Balaban J connectivity index is 3.16. The molecule has 16 heavy (non-hydrogen) atoms. The van der Waals surface area contributed by atoms with Gasteiger partial charge >= 0.3 is 10.2 Å². The Morgan fingerprint density at radius 3 is 1.81 bits per heavy atom. The van der Waals surface area contributed by atoms with Gasteiger partial charge in [0.1, 0.15) is 4.90 Å². The van der Waals surface area contributed by atoms with E-state index in [4.69, 9.17) is 5.11 Å². The zero-order valence-corrected chi connectivity index (χ0v) is 9.16. The normalized spacial score (nSPS) is 18.7. The van der Waals surface area contributed by atoms with Gasteiger partial charge < -0.3 is 5.11 Å². The lowest BCUT2D eigenvalue weighted by atomic mass is 10.0. The highest BCUT2D eigenvalue weighted by atomic mass is 32.5. The highest BCUT2D eigenvalue weighted by Gasteiger charge is 2.65. The maximum absolute atomic E-state index is 12.3. The molecule has 1 atom stereocenters. The summed E-state index contributed by atoms with van der Waals surface area (Å²) in [4.78, 5) is -1.91. The molecule has 1 aromatic carbocycles. The third-order valence-electron chi connectivity index (χ3n) is 2.17. The molecule has 0 amide bonds. The van der Waals surface area contributed by atoms with Crippen LogP contribution in [0.4, 0.5) is 19.4 Å². The average molecular weight is 262 g/mol. The number of aliphatic hydroxyl groups is 1. The van der Waals surface area contributed by atoms with Crippen LogP contribution in [-0.4, -0.2) is 11.7 Å². The lowest BCUT2D eigenvalue weighted by molar-refractivity contribution is 0.273. The Morgan fingerprint density at radius 1 is 1.06 bits per heavy atom. The van der Waals surface area contributed by atoms with Crippen LogP contribution >= 0.6 is 10.2 Å². The molecular weight excluding hydrogens is 251 g/mol. The average Bonchev–Trinajstić information content (AvgIpc) is 2.13. The summed E-state index contributed by atoms with van der Waals surface area (Å²) in [6.07, 6.45) is 0. The summed E-state index contributed by atoms with van der Waals surface area (Å²) in [7, 11) is -9.56. The molecule has 0 aromatic heterocycles. The van der Waals surface area contributed by atoms with Crippen molar-refractivity contribution >= 4 is 10.2 Å². The van der Waals surface area contributed by atoms with Gasteiger partial charge in [0.25, 0.3) is 0 Å². The van der Waals surface area contributed by atoms with Crippen molar-refractivity contribution in [2.45, 2.75) is 17.7 Å². The van der Waals surface area contributed by atoms with Gasteiger partial charge in [-0.3, -0.25) is 0 Å². The van der Waals surface area contributed by atoms with E-state index in [2.05, 4.69) is 0 Å². The van der Waals surface area contributed by atoms with Crippen molar-refractivity contribution in [2.24, 2.45) is 0 Å². The number of benzene rings is 1. The quantitative estimate of drug-likeness (QED) is 0.798. The Hall–Kier alpha value is -0.820. The smallest absolute Gasteiger partial charge is 0.310 e. The zero-order chi connectivity index (χ0) is 12.7. The van der Waals surface area contributed by atoms with Gasteiger partial charge in [-0.1, -0.05) is 38.5 Å². The van der Waals surface area contributed by atoms with E-state index >= 15 is 0 Å². The summed E-state index contributed by atoms with van der Waals surface area (Å²) in [6, 6.07) is 2.61. The fourth-order valence-corrected chi connectivity index (χ4v) is 1.81. The summed E-state index contributed by atoms with van der Waals surface area (Å²) in [5.41, 5.74) is 0.383. The van der Waals surface area contributed by atoms with E-state index in [9.17, 15) is 19.4 Å². The van der Waals surface area contributed by atoms with Crippen LogP contribution in [0.3, 0.4) is 0 Å². The van der Waals surface area contributed by atoms with Crippen LogP contribution in [0, 0.1) is 0 Å². The molecule has 0 aliphatic carbocycles. The predicted molar refractivity (Wildman–Crippen MR) is 53.3 cm³/mol. The number of halogens is 5. The maximum atomic E-state index is 12.3. The third kappa shape index (κ3) is 3.08. The van der Waals surface area contributed by atoms with Crippen LogP contribution in [0.25, 0.3) is 0 Å². The molecule has 0 aliphatic heterocycles. The van der Waals surface area contributed by atoms with E-state index in [1.165, 1.54) is 0 Å². The van der Waals surface area contributed by atoms with E-state index in [1.807, 2.05) is 0 Å². The first-order chi connectivity index (χ1) is 6.94. The van der Waals surface area contributed by atoms with Crippen LogP contribution in [0.1, 0.15) is 18.4 Å². The molecule has 1 nitrogen and oxygen atoms in total. The highest BCUT2D eigenvalue weighted by molar-refractivity contribution is 8.45. The first-order valence-electron chi connectivity index (χ1n) is 4.39. The lowest BCUT2D eigenvalue weighted by Crippen LogP contribution is -2.06. The summed E-state index contributed by atoms with van der Waals surface area (Å²) >= 11 is 0. The first kappa shape index (κ1) is 13.2. The second-order valence-corrected chi connectivity index (χ2v) is 6.03. The molecule has 0 saturated heterocycles. The Bertz CT molecular complexity index is 382. The largest absolute Gasteiger partial charge is 0.396 e. The van der Waals surface area contributed by atoms with Gasteiger partial charge in [0.15, 0.2) is 0 Å². The molecule has 0 aliphatic rings. The monoisotopic (exact) mass is 262 g/mol. The number of hydrogen-bond donors (Lipinski definition) is 1. The van der Waals surface area contributed by atoms with Crippen LogP contribution in [-0.2, 0) is 0 Å². The van der Waals surface area contributed by atoms with Gasteiger partial charge in [-0.25, -0.2) is 0 Å². The molecule has 0 heterocycles. The lowest BCUT2D eigenvalue weighted by Gasteiger charge is -2.40. The van der Waals surface area contributed by atoms with E-state index < -0.39 is 15.1 Å². The predicted octanol–water partition coefficient (Wildman–Crippen LogP) is 4.44. The minimum absolute atomic E-state index is 0.254. The van der Waals surface area contributed by atoms with Crippen LogP contribution < -0.4 is 0 Å². The van der Waals surface area contributed by atoms with Gasteiger partial charge in [0.05, 0.1) is 0 Å². The molecule has 7 heteroatoms. The van der Waals surface area contributed by atoms with Gasteiger partial charge in [-0.05, 0) is 17.7 Å². The number of rotatable bonds is 3. The van der Waals surface area contributed by atoms with Crippen molar-refractivity contribution in [3.63, 3.8) is 0 Å². The minimum atomic E-state index is -9.56. The molecule has 0 saturated carbocycles. The molecule has 94 valence electrons. The summed E-state index contributed by atoms with van der Waals surface area (Å²) in [5.74, 6) is -0.382. The van der Waals surface area contributed by atoms with Crippen molar-refractivity contribution in [1.82, 2.24) is 0 Å². The molecule has 1 N–H and O–H groups in total. The summed E-state index contributed by atoms with van der Waals surface area (Å²) in [6.45, 7) is 1.32. The van der Waals surface area contributed by atoms with Crippen LogP contribution in [0.2, 0.25) is 0 Å². The van der Waals surface area contributed by atoms with E-state index in [0.29, 0.717) is 17.7 Å². The van der Waals surface area contributed by atoms with E-state index in [1.54, 1.807) is 6.92 Å². The van der Waals surface area contributed by atoms with Gasteiger partial charge in [-0.2, -0.15) is 0 Å². The van der Waals surface area contributed by atoms with Gasteiger partial charge in [-0.15, -0.1) is 0 Å². The van der Waals surface area contributed by atoms with E-state index in [0.717, 1.165) is 12.1 Å². The molecule has 0 spiro atoms. The first-order valence-corrected chi connectivity index (χ1v) is 6.34. The van der Waals surface area contributed by atoms with Crippen molar-refractivity contribution in [2.75, 3.05) is 6.61 Å². The summed E-state index contributed by atoms with van der Waals surface area (Å²) in [5, 5.41) is 8.76. The van der Waals surface area contributed by atoms with Crippen molar-refractivity contribution in [3.05, 3.63) is 29.8 Å². The fourth-order valence-electron chi connectivity index (χ4n) is 1.16. The standard InChI is InChI=1S/C9H11F5OS/c1-7(6-15)8-2-4-9(5-3-8)16(10,11,12,13)14/h2-5,7,15H,6H2,1H3. The SMILES string of the molecule is CC(CO)c1ccc(S(F)(F)(F)(F)F)cc1. The molecule has 0 fully saturated rings. The minimum Gasteiger partial charge on any atom is -0.396 e. The van der Waals surface area contributed by atoms with Gasteiger partial charge in [0, 0.05) is 12.5 Å². The number of aliphatic hydroxyl groups excluding tert-OH is 1. The molecule has 1 aromatic rings. The number of hydrogen-bond acceptors (Lipinski definition) is 1. The second kappa shape index (κ2) is 3.10. The second-order valence-electron chi connectivity index (χ2n) is 3.62. The zero-order valence-electron chi connectivity index (χ0n) is 8.34. The van der Waals surface area contributed by atoms with Gasteiger partial charge in [0.2, 0.25) is 0 Å². The Labute approximate surface area is 89.6 Å². The molecule has 1 rings (SSSR count). The third-order valence-corrected chi connectivity index (χ3v) is 3.33. The topological polar surface area (TPSA) is 20.2 Å². The van der Waals surface area contributed by atoms with Crippen LogP contribution in [0.15, 0.2) is 29.2 Å². The van der Waals surface area contributed by atoms with E-state index in [-0.39, 0.29) is 12.5 Å². The highest BCUT2D eigenvalue weighted by Crippen LogP contribution is 3.02. The maximum Gasteiger partial charge on any atom is 0.310 e. The van der Waals surface area contributed by atoms with Crippen LogP contribution in [0.5, 0.6) is 0 Å². The molecule has 1 unspecified atom stereocenters. The van der Waals surface area contributed by atoms with Crippen molar-refractivity contribution in [1.29, 1.82) is 0 Å².